The molecule has 0 bridgehead atoms. The van der Waals surface area contributed by atoms with Gasteiger partial charge in [-0.1, -0.05) is 0 Å². The fourth-order valence-corrected chi connectivity index (χ4v) is 5.39. The van der Waals surface area contributed by atoms with E-state index in [0.29, 0.717) is 18.4 Å². The van der Waals surface area contributed by atoms with Gasteiger partial charge in [0.2, 0.25) is 11.8 Å². The molecule has 1 spiro atoms. The van der Waals surface area contributed by atoms with Crippen LogP contribution in [-0.4, -0.2) is 95.9 Å². The van der Waals surface area contributed by atoms with Crippen LogP contribution in [0.2, 0.25) is 0 Å². The van der Waals surface area contributed by atoms with E-state index in [1.54, 1.807) is 6.92 Å². The van der Waals surface area contributed by atoms with Crippen LogP contribution >= 0.6 is 0 Å². The molecule has 0 aromatic heterocycles. The van der Waals surface area contributed by atoms with Gasteiger partial charge >= 0.3 is 0 Å². The average molecular weight is 377 g/mol. The van der Waals surface area contributed by atoms with E-state index in [0.717, 1.165) is 77.4 Å². The molecular formula is C21H36N4O2. The Morgan fingerprint density at radius 1 is 1.04 bits per heavy atom. The zero-order chi connectivity index (χ0) is 19.0. The number of amides is 2. The first-order valence-corrected chi connectivity index (χ1v) is 11.0. The van der Waals surface area contributed by atoms with Gasteiger partial charge in [-0.3, -0.25) is 19.4 Å². The van der Waals surface area contributed by atoms with E-state index < -0.39 is 0 Å². The molecule has 0 N–H and O–H groups in total. The first-order chi connectivity index (χ1) is 13.0. The number of piperidine rings is 1. The van der Waals surface area contributed by atoms with Crippen LogP contribution in [0.5, 0.6) is 0 Å². The quantitative estimate of drug-likeness (QED) is 0.747. The molecular weight excluding hydrogens is 340 g/mol. The molecule has 3 heterocycles. The average Bonchev–Trinajstić information content (AvgIpc) is 3.50. The second kappa shape index (κ2) is 7.70. The van der Waals surface area contributed by atoms with Crippen LogP contribution in [0.15, 0.2) is 0 Å². The first-order valence-electron chi connectivity index (χ1n) is 11.0. The summed E-state index contributed by atoms with van der Waals surface area (Å²) in [6.07, 6.45) is 7.59. The van der Waals surface area contributed by atoms with Gasteiger partial charge in [0.25, 0.3) is 0 Å². The fourth-order valence-electron chi connectivity index (χ4n) is 5.39. The molecule has 152 valence electrons. The summed E-state index contributed by atoms with van der Waals surface area (Å²) < 4.78 is 0. The van der Waals surface area contributed by atoms with Crippen molar-refractivity contribution in [2.75, 3.05) is 52.9 Å². The Bertz CT molecular complexity index is 571. The lowest BCUT2D eigenvalue weighted by Crippen LogP contribution is -2.63. The van der Waals surface area contributed by atoms with Gasteiger partial charge < -0.3 is 9.80 Å². The van der Waals surface area contributed by atoms with Crippen molar-refractivity contribution in [1.82, 2.24) is 19.6 Å². The topological polar surface area (TPSA) is 47.1 Å². The summed E-state index contributed by atoms with van der Waals surface area (Å²) in [5, 5.41) is 0. The Balaban J connectivity index is 1.39. The van der Waals surface area contributed by atoms with E-state index in [4.69, 9.17) is 0 Å². The smallest absolute Gasteiger partial charge is 0.222 e. The highest BCUT2D eigenvalue weighted by molar-refractivity contribution is 5.76. The molecule has 0 unspecified atom stereocenters. The molecule has 27 heavy (non-hydrogen) atoms. The van der Waals surface area contributed by atoms with Crippen molar-refractivity contribution in [1.29, 1.82) is 0 Å². The van der Waals surface area contributed by atoms with Crippen molar-refractivity contribution >= 4 is 11.8 Å². The lowest BCUT2D eigenvalue weighted by Gasteiger charge is -2.52. The van der Waals surface area contributed by atoms with Crippen molar-refractivity contribution in [2.24, 2.45) is 5.92 Å². The highest BCUT2D eigenvalue weighted by atomic mass is 16.2. The molecule has 3 saturated heterocycles. The number of carbonyl (C=O) groups excluding carboxylic acids is 2. The van der Waals surface area contributed by atoms with Gasteiger partial charge in [0.1, 0.15) is 0 Å². The molecule has 2 amide bonds. The van der Waals surface area contributed by atoms with Crippen molar-refractivity contribution in [3.63, 3.8) is 0 Å². The number of piperazine rings is 1. The number of hydrogen-bond donors (Lipinski definition) is 0. The van der Waals surface area contributed by atoms with E-state index in [9.17, 15) is 9.59 Å². The van der Waals surface area contributed by atoms with E-state index in [-0.39, 0.29) is 11.4 Å². The maximum Gasteiger partial charge on any atom is 0.222 e. The number of likely N-dealkylation sites (tertiary alicyclic amines) is 2. The normalized spacial score (nSPS) is 32.1. The number of rotatable bonds is 3. The Labute approximate surface area is 163 Å². The summed E-state index contributed by atoms with van der Waals surface area (Å²) in [5.74, 6) is 1.36. The van der Waals surface area contributed by atoms with Gasteiger partial charge in [0.15, 0.2) is 0 Å². The molecule has 1 saturated carbocycles. The fraction of sp³-hybridized carbons (Fsp3) is 0.905. The van der Waals surface area contributed by atoms with Gasteiger partial charge in [-0.2, -0.15) is 0 Å². The molecule has 4 aliphatic rings. The summed E-state index contributed by atoms with van der Waals surface area (Å²) in [5.41, 5.74) is 0.143. The lowest BCUT2D eigenvalue weighted by molar-refractivity contribution is -0.131. The Morgan fingerprint density at radius 3 is 2.44 bits per heavy atom. The van der Waals surface area contributed by atoms with Gasteiger partial charge in [0, 0.05) is 70.7 Å². The maximum absolute atomic E-state index is 12.6. The zero-order valence-electron chi connectivity index (χ0n) is 17.2. The molecule has 3 aliphatic heterocycles. The van der Waals surface area contributed by atoms with Crippen LogP contribution in [-0.2, 0) is 9.59 Å². The Morgan fingerprint density at radius 2 is 1.78 bits per heavy atom. The highest BCUT2D eigenvalue weighted by Gasteiger charge is 2.44. The molecule has 6 nitrogen and oxygen atoms in total. The highest BCUT2D eigenvalue weighted by Crippen LogP contribution is 2.36. The van der Waals surface area contributed by atoms with Crippen molar-refractivity contribution in [3.05, 3.63) is 0 Å². The molecule has 0 radical (unpaired) electrons. The molecule has 0 aromatic rings. The molecule has 4 fully saturated rings. The van der Waals surface area contributed by atoms with Crippen molar-refractivity contribution in [2.45, 2.75) is 63.5 Å². The SMILES string of the molecule is CC(=O)N1CCC(N2CCN(C)[C@@]3(CCC(=O)N(CC4CC4)CC3)C2)CC1. The number of nitrogens with zero attached hydrogens (tertiary/aromatic N) is 4. The van der Waals surface area contributed by atoms with Gasteiger partial charge in [-0.15, -0.1) is 0 Å². The third-order valence-corrected chi connectivity index (χ3v) is 7.64. The maximum atomic E-state index is 12.6. The molecule has 1 atom stereocenters. The third-order valence-electron chi connectivity index (χ3n) is 7.64. The predicted molar refractivity (Wildman–Crippen MR) is 105 cm³/mol. The van der Waals surface area contributed by atoms with Gasteiger partial charge in [-0.05, 0) is 51.5 Å². The van der Waals surface area contributed by atoms with Crippen LogP contribution in [0.25, 0.3) is 0 Å². The zero-order valence-corrected chi connectivity index (χ0v) is 17.2. The van der Waals surface area contributed by atoms with E-state index in [2.05, 4.69) is 21.7 Å². The molecule has 1 aliphatic carbocycles. The standard InChI is InChI=1S/C21H36N4O2/c1-17(26)23-10-6-19(7-11-23)25-14-13-22(2)21(16-25)8-5-20(27)24(12-9-21)15-18-3-4-18/h18-19H,3-16H2,1-2H3/t21-/m1/s1. The van der Waals surface area contributed by atoms with Crippen LogP contribution < -0.4 is 0 Å². The summed E-state index contributed by atoms with van der Waals surface area (Å²) in [4.78, 5) is 33.6. The second-order valence-electron chi connectivity index (χ2n) is 9.39. The number of likely N-dealkylation sites (N-methyl/N-ethyl adjacent to an activating group) is 1. The Kier molecular flexibility index (Phi) is 5.48. The Hall–Kier alpha value is -1.14. The van der Waals surface area contributed by atoms with Gasteiger partial charge in [-0.25, -0.2) is 0 Å². The second-order valence-corrected chi connectivity index (χ2v) is 9.39. The van der Waals surface area contributed by atoms with Crippen molar-refractivity contribution < 1.29 is 9.59 Å². The minimum atomic E-state index is 0.143. The van der Waals surface area contributed by atoms with Crippen LogP contribution in [0.3, 0.4) is 0 Å². The third kappa shape index (κ3) is 4.16. The van der Waals surface area contributed by atoms with Crippen LogP contribution in [0, 0.1) is 5.92 Å². The number of hydrogen-bond acceptors (Lipinski definition) is 4. The summed E-state index contributed by atoms with van der Waals surface area (Å²) in [6.45, 7) is 8.68. The predicted octanol–water partition coefficient (Wildman–Crippen LogP) is 1.41. The minimum Gasteiger partial charge on any atom is -0.343 e. The molecule has 6 heteroatoms. The summed E-state index contributed by atoms with van der Waals surface area (Å²) in [7, 11) is 2.26. The summed E-state index contributed by atoms with van der Waals surface area (Å²) in [6, 6.07) is 0.590. The van der Waals surface area contributed by atoms with Gasteiger partial charge in [0.05, 0.1) is 0 Å². The largest absolute Gasteiger partial charge is 0.343 e. The van der Waals surface area contributed by atoms with Crippen LogP contribution in [0.1, 0.15) is 51.9 Å². The lowest BCUT2D eigenvalue weighted by atomic mass is 9.85. The van der Waals surface area contributed by atoms with Crippen LogP contribution in [0.4, 0.5) is 0 Å². The monoisotopic (exact) mass is 376 g/mol. The van der Waals surface area contributed by atoms with E-state index in [1.165, 1.54) is 12.8 Å². The first kappa shape index (κ1) is 19.2. The molecule has 4 rings (SSSR count). The van der Waals surface area contributed by atoms with E-state index in [1.807, 2.05) is 4.90 Å². The van der Waals surface area contributed by atoms with Crippen molar-refractivity contribution in [3.8, 4) is 0 Å². The summed E-state index contributed by atoms with van der Waals surface area (Å²) >= 11 is 0. The number of carbonyl (C=O) groups is 2. The molecule has 0 aromatic carbocycles. The van der Waals surface area contributed by atoms with E-state index >= 15 is 0 Å². The minimum absolute atomic E-state index is 0.143.